The van der Waals surface area contributed by atoms with Crippen molar-refractivity contribution in [2.24, 2.45) is 0 Å². The first-order valence-corrected chi connectivity index (χ1v) is 6.80. The number of carbonyl (C=O) groups is 1. The first-order valence-electron chi connectivity index (χ1n) is 6.42. The fourth-order valence-electron chi connectivity index (χ4n) is 2.16. The summed E-state index contributed by atoms with van der Waals surface area (Å²) in [4.78, 5) is 15.0. The molecule has 5 rings (SSSR count). The third kappa shape index (κ3) is 2.48. The van der Waals surface area contributed by atoms with Crippen LogP contribution < -0.4 is 4.74 Å². The molecule has 2 bridgehead atoms. The maximum atomic E-state index is 10.8. The number of aromatic nitrogens is 1. The number of fused-ring (bicyclic) bond motifs is 3. The van der Waals surface area contributed by atoms with E-state index >= 15 is 0 Å². The summed E-state index contributed by atoms with van der Waals surface area (Å²) in [6.07, 6.45) is 1.77. The number of pyridine rings is 1. The van der Waals surface area contributed by atoms with Crippen LogP contribution in [0.2, 0.25) is 5.02 Å². The van der Waals surface area contributed by atoms with Crippen molar-refractivity contribution in [3.8, 4) is 5.75 Å². The zero-order valence-corrected chi connectivity index (χ0v) is 12.1. The summed E-state index contributed by atoms with van der Waals surface area (Å²) < 4.78 is 5.16. The largest absolute Gasteiger partial charge is 0.494 e. The van der Waals surface area contributed by atoms with E-state index in [9.17, 15) is 4.79 Å². The smallest absolute Gasteiger partial charge is 0.194 e. The molecule has 0 unspecified atom stereocenters. The van der Waals surface area contributed by atoms with Crippen LogP contribution in [0.4, 0.5) is 0 Å². The van der Waals surface area contributed by atoms with Crippen LogP contribution in [-0.4, -0.2) is 17.9 Å². The number of ether oxygens (including phenoxy) is 1. The Morgan fingerprint density at radius 1 is 1.10 bits per heavy atom. The number of para-hydroxylation sites is 1. The van der Waals surface area contributed by atoms with Crippen LogP contribution in [0.1, 0.15) is 15.9 Å². The highest BCUT2D eigenvalue weighted by Gasteiger charge is 2.22. The summed E-state index contributed by atoms with van der Waals surface area (Å²) in [5.74, 6) is 0.913. The summed E-state index contributed by atoms with van der Waals surface area (Å²) in [7, 11) is 1.66. The Morgan fingerprint density at radius 2 is 1.90 bits per heavy atom. The first kappa shape index (κ1) is 13.6. The lowest BCUT2D eigenvalue weighted by atomic mass is 9.92. The third-order valence-electron chi connectivity index (χ3n) is 3.29. The monoisotopic (exact) mass is 297 g/mol. The molecule has 2 aliphatic rings. The lowest BCUT2D eigenvalue weighted by Gasteiger charge is -2.13. The lowest BCUT2D eigenvalue weighted by molar-refractivity contribution is 0.102. The summed E-state index contributed by atoms with van der Waals surface area (Å²) >= 11 is 5.63. The molecule has 0 atom stereocenters. The van der Waals surface area contributed by atoms with Crippen LogP contribution in [0.25, 0.3) is 10.9 Å². The number of hydrogen-bond acceptors (Lipinski definition) is 3. The van der Waals surface area contributed by atoms with E-state index in [1.165, 1.54) is 0 Å². The van der Waals surface area contributed by atoms with Crippen LogP contribution in [0.15, 0.2) is 54.7 Å². The van der Waals surface area contributed by atoms with Crippen molar-refractivity contribution in [2.45, 2.75) is 0 Å². The van der Waals surface area contributed by atoms with Gasteiger partial charge in [0.1, 0.15) is 11.3 Å². The molecule has 2 aromatic carbocycles. The second kappa shape index (κ2) is 5.54. The van der Waals surface area contributed by atoms with Crippen molar-refractivity contribution in [3.05, 3.63) is 70.9 Å². The Hall–Kier alpha value is -2.39. The summed E-state index contributed by atoms with van der Waals surface area (Å²) in [6.45, 7) is 0. The molecule has 0 radical (unpaired) electrons. The number of rotatable bonds is 1. The van der Waals surface area contributed by atoms with Gasteiger partial charge in [-0.1, -0.05) is 29.8 Å². The van der Waals surface area contributed by atoms with Crippen LogP contribution in [0, 0.1) is 0 Å². The average Bonchev–Trinajstić information content (AvgIpc) is 2.54. The zero-order chi connectivity index (χ0) is 14.8. The van der Waals surface area contributed by atoms with Gasteiger partial charge in [-0.3, -0.25) is 9.78 Å². The van der Waals surface area contributed by atoms with Gasteiger partial charge in [0.15, 0.2) is 5.78 Å². The van der Waals surface area contributed by atoms with Crippen molar-refractivity contribution in [2.75, 3.05) is 7.11 Å². The number of halogens is 1. The summed E-state index contributed by atoms with van der Waals surface area (Å²) in [5.41, 5.74) is 2.35. The van der Waals surface area contributed by atoms with Gasteiger partial charge in [-0.2, -0.15) is 0 Å². The van der Waals surface area contributed by atoms with Gasteiger partial charge in [0, 0.05) is 22.7 Å². The van der Waals surface area contributed by atoms with E-state index in [-0.39, 0.29) is 5.78 Å². The molecule has 3 aromatic rings. The van der Waals surface area contributed by atoms with Gasteiger partial charge in [-0.15, -0.1) is 0 Å². The first-order chi connectivity index (χ1) is 10.2. The Bertz CT molecular complexity index is 821. The van der Waals surface area contributed by atoms with Crippen molar-refractivity contribution < 1.29 is 9.53 Å². The number of hydrogen-bond donors (Lipinski definition) is 0. The van der Waals surface area contributed by atoms with Crippen LogP contribution in [0.3, 0.4) is 0 Å². The molecule has 0 amide bonds. The predicted molar refractivity (Wildman–Crippen MR) is 83.2 cm³/mol. The molecule has 0 aliphatic heterocycles. The van der Waals surface area contributed by atoms with E-state index in [2.05, 4.69) is 4.98 Å². The van der Waals surface area contributed by atoms with Crippen molar-refractivity contribution in [1.82, 2.24) is 4.98 Å². The molecule has 104 valence electrons. The highest BCUT2D eigenvalue weighted by atomic mass is 35.5. The lowest BCUT2D eigenvalue weighted by Crippen LogP contribution is -2.12. The second-order valence-corrected chi connectivity index (χ2v) is 4.97. The fourth-order valence-corrected chi connectivity index (χ4v) is 2.36. The maximum Gasteiger partial charge on any atom is 0.194 e. The van der Waals surface area contributed by atoms with Gasteiger partial charge in [0.05, 0.1) is 12.1 Å². The van der Waals surface area contributed by atoms with Crippen LogP contribution in [-0.2, 0) is 0 Å². The number of carbonyl (C=O) groups excluding carboxylic acids is 1. The standard InChI is InChI=1S/C10H9NO.C7H3ClO/c1-12-9-6-2-4-8-5-3-7-11-10(8)9;8-6-2-1-4-3-5(6)7(4)9/h2-7H,1H3;1-3H. The molecule has 1 heterocycles. The second-order valence-electron chi connectivity index (χ2n) is 4.56. The van der Waals surface area contributed by atoms with Crippen LogP contribution >= 0.6 is 11.6 Å². The number of nitrogens with zero attached hydrogens (tertiary/aromatic N) is 1. The van der Waals surface area contributed by atoms with Gasteiger partial charge < -0.3 is 4.74 Å². The molecule has 0 saturated carbocycles. The van der Waals surface area contributed by atoms with Crippen molar-refractivity contribution in [3.63, 3.8) is 0 Å². The number of ketones is 1. The molecule has 0 fully saturated rings. The van der Waals surface area contributed by atoms with Crippen molar-refractivity contribution in [1.29, 1.82) is 0 Å². The molecule has 1 aromatic heterocycles. The minimum absolute atomic E-state index is 0.0856. The van der Waals surface area contributed by atoms with Gasteiger partial charge >= 0.3 is 0 Å². The quantitative estimate of drug-likeness (QED) is 0.530. The number of methoxy groups -OCH3 is 1. The van der Waals surface area contributed by atoms with E-state index in [1.807, 2.05) is 30.3 Å². The van der Waals surface area contributed by atoms with Gasteiger partial charge in [-0.25, -0.2) is 0 Å². The molecule has 0 spiro atoms. The molecule has 2 aliphatic carbocycles. The summed E-state index contributed by atoms with van der Waals surface area (Å²) in [5, 5.41) is 1.67. The molecule has 0 N–H and O–H groups in total. The minimum Gasteiger partial charge on any atom is -0.494 e. The Kier molecular flexibility index (Phi) is 3.59. The molecule has 0 saturated heterocycles. The molecule has 3 nitrogen and oxygen atoms in total. The van der Waals surface area contributed by atoms with E-state index in [0.717, 1.165) is 22.2 Å². The Morgan fingerprint density at radius 3 is 2.52 bits per heavy atom. The van der Waals surface area contributed by atoms with Crippen molar-refractivity contribution >= 4 is 28.3 Å². The molecular formula is C17H12ClNO2. The van der Waals surface area contributed by atoms with E-state index in [4.69, 9.17) is 16.3 Å². The third-order valence-corrected chi connectivity index (χ3v) is 3.62. The zero-order valence-electron chi connectivity index (χ0n) is 11.3. The molecule has 4 heteroatoms. The Labute approximate surface area is 127 Å². The molecular weight excluding hydrogens is 286 g/mol. The van der Waals surface area contributed by atoms with E-state index in [1.54, 1.807) is 31.5 Å². The Balaban J connectivity index is 0.000000131. The fraction of sp³-hybridized carbons (Fsp3) is 0.0588. The average molecular weight is 298 g/mol. The maximum absolute atomic E-state index is 10.8. The SMILES string of the molecule is COc1cccc2cccnc12.O=C1c2ccc(Cl)c1c2. The number of benzene rings is 2. The van der Waals surface area contributed by atoms with Gasteiger partial charge in [0.2, 0.25) is 0 Å². The van der Waals surface area contributed by atoms with E-state index < -0.39 is 0 Å². The predicted octanol–water partition coefficient (Wildman–Crippen LogP) is 4.13. The minimum atomic E-state index is 0.0856. The highest BCUT2D eigenvalue weighted by molar-refractivity contribution is 6.37. The molecule has 21 heavy (non-hydrogen) atoms. The summed E-state index contributed by atoms with van der Waals surface area (Å²) in [6, 6.07) is 15.1. The highest BCUT2D eigenvalue weighted by Crippen LogP contribution is 2.28. The normalized spacial score (nSPS) is 11.4. The van der Waals surface area contributed by atoms with Crippen LogP contribution in [0.5, 0.6) is 5.75 Å². The van der Waals surface area contributed by atoms with Gasteiger partial charge in [-0.05, 0) is 30.3 Å². The van der Waals surface area contributed by atoms with Gasteiger partial charge in [0.25, 0.3) is 0 Å². The van der Waals surface area contributed by atoms with E-state index in [0.29, 0.717) is 10.6 Å². The topological polar surface area (TPSA) is 39.2 Å².